The van der Waals surface area contributed by atoms with Crippen molar-refractivity contribution in [1.82, 2.24) is 10.3 Å². The molecule has 0 bridgehead atoms. The number of pyridine rings is 1. The van der Waals surface area contributed by atoms with Gasteiger partial charge in [0.05, 0.1) is 22.8 Å². The summed E-state index contributed by atoms with van der Waals surface area (Å²) in [6, 6.07) is 4.47. The Morgan fingerprint density at radius 1 is 1.13 bits per heavy atom. The lowest BCUT2D eigenvalue weighted by molar-refractivity contribution is -0.137. The number of nitrogens with one attached hydrogen (secondary N) is 3. The number of aliphatic imine (C=N–C) groups is 1. The van der Waals surface area contributed by atoms with Crippen LogP contribution < -0.4 is 16.0 Å². The van der Waals surface area contributed by atoms with E-state index in [0.29, 0.717) is 18.1 Å². The van der Waals surface area contributed by atoms with Crippen LogP contribution >= 0.6 is 0 Å². The van der Waals surface area contributed by atoms with Gasteiger partial charge in [0.25, 0.3) is 0 Å². The molecule has 1 aromatic heterocycles. The molecule has 0 atom stereocenters. The average Bonchev–Trinajstić information content (AvgIpc) is 2.82. The number of aliphatic hydroxyl groups excluding tert-OH is 1. The molecule has 4 N–H and O–H groups in total. The maximum atomic E-state index is 13.8. The molecule has 0 fully saturated rings. The van der Waals surface area contributed by atoms with Crippen LogP contribution in [0.1, 0.15) is 69.3 Å². The van der Waals surface area contributed by atoms with Gasteiger partial charge in [-0.1, -0.05) is 40.3 Å². The fourth-order valence-electron chi connectivity index (χ4n) is 4.06. The summed E-state index contributed by atoms with van der Waals surface area (Å²) in [7, 11) is 1.57. The first-order valence-electron chi connectivity index (χ1n) is 12.4. The highest BCUT2D eigenvalue weighted by Gasteiger charge is 2.32. The molecule has 1 heterocycles. The zero-order chi connectivity index (χ0) is 28.7. The summed E-state index contributed by atoms with van der Waals surface area (Å²) in [4.78, 5) is 8.23. The third kappa shape index (κ3) is 8.49. The number of hydrogen-bond donors (Lipinski definition) is 4. The molecule has 2 rings (SSSR count). The van der Waals surface area contributed by atoms with Crippen LogP contribution in [0.5, 0.6) is 0 Å². The maximum absolute atomic E-state index is 13.8. The van der Waals surface area contributed by atoms with Crippen molar-refractivity contribution in [2.24, 2.45) is 10.4 Å². The lowest BCUT2D eigenvalue weighted by atomic mass is 9.85. The summed E-state index contributed by atoms with van der Waals surface area (Å²) in [6.45, 7) is 16.0. The first-order valence-corrected chi connectivity index (χ1v) is 12.4. The van der Waals surface area contributed by atoms with E-state index in [4.69, 9.17) is 0 Å². The predicted octanol–water partition coefficient (Wildman–Crippen LogP) is 7.62. The summed E-state index contributed by atoms with van der Waals surface area (Å²) in [5.41, 5.74) is 0.494. The summed E-state index contributed by atoms with van der Waals surface area (Å²) >= 11 is 0. The first kappa shape index (κ1) is 30.7. The number of nitrogens with zero attached hydrogens (tertiary/aromatic N) is 2. The molecule has 0 amide bonds. The second kappa shape index (κ2) is 12.8. The van der Waals surface area contributed by atoms with Gasteiger partial charge in [0.2, 0.25) is 5.95 Å². The Morgan fingerprint density at radius 2 is 1.82 bits per heavy atom. The van der Waals surface area contributed by atoms with Crippen LogP contribution in [0.2, 0.25) is 0 Å². The number of amidine groups is 1. The Kier molecular flexibility index (Phi) is 10.3. The molecule has 0 radical (unpaired) electrons. The van der Waals surface area contributed by atoms with Crippen molar-refractivity contribution >= 4 is 28.7 Å². The fourth-order valence-corrected chi connectivity index (χ4v) is 4.06. The zero-order valence-electron chi connectivity index (χ0n) is 22.6. The van der Waals surface area contributed by atoms with Crippen LogP contribution in [-0.4, -0.2) is 29.5 Å². The summed E-state index contributed by atoms with van der Waals surface area (Å²) in [5.74, 6) is -0.771. The molecule has 38 heavy (non-hydrogen) atoms. The van der Waals surface area contributed by atoms with E-state index in [1.165, 1.54) is 6.07 Å². The van der Waals surface area contributed by atoms with Gasteiger partial charge >= 0.3 is 6.18 Å². The molecule has 0 aliphatic heterocycles. The number of alkyl halides is 3. The highest BCUT2D eigenvalue weighted by molar-refractivity contribution is 5.97. The zero-order valence-corrected chi connectivity index (χ0v) is 22.6. The van der Waals surface area contributed by atoms with Gasteiger partial charge in [-0.25, -0.2) is 4.98 Å². The molecule has 0 spiro atoms. The van der Waals surface area contributed by atoms with E-state index < -0.39 is 23.4 Å². The molecule has 1 aromatic carbocycles. The van der Waals surface area contributed by atoms with Crippen LogP contribution in [0, 0.1) is 11.4 Å². The van der Waals surface area contributed by atoms with Crippen LogP contribution in [0.3, 0.4) is 0 Å². The molecule has 208 valence electrons. The number of hydrogen-bond acceptors (Lipinski definition) is 5. The van der Waals surface area contributed by atoms with Crippen LogP contribution in [-0.2, 0) is 12.7 Å². The summed E-state index contributed by atoms with van der Waals surface area (Å²) in [6.07, 6.45) is -1.61. The topological polar surface area (TPSA) is 81.6 Å². The van der Waals surface area contributed by atoms with Crippen molar-refractivity contribution in [3.63, 3.8) is 0 Å². The number of aliphatic hydroxyl groups is 1. The SMILES string of the molecule is C=C(NC)c1cc(C(F)(F)F)cc(CNc2ccc(F)nc2C(=C)O)c1NC(C)=NCCC(C)(C)CCC. The number of anilines is 2. The Morgan fingerprint density at radius 3 is 2.39 bits per heavy atom. The van der Waals surface area contributed by atoms with Gasteiger partial charge in [-0.05, 0) is 55.0 Å². The highest BCUT2D eigenvalue weighted by atomic mass is 19.4. The van der Waals surface area contributed by atoms with Gasteiger partial charge in [-0.3, -0.25) is 4.99 Å². The smallest absolute Gasteiger partial charge is 0.416 e. The Bertz CT molecular complexity index is 1190. The molecular formula is C28H37F4N5O. The van der Waals surface area contributed by atoms with E-state index in [2.05, 4.69) is 59.9 Å². The summed E-state index contributed by atoms with van der Waals surface area (Å²) < 4.78 is 55.1. The highest BCUT2D eigenvalue weighted by Crippen LogP contribution is 2.37. The van der Waals surface area contributed by atoms with E-state index in [1.54, 1.807) is 14.0 Å². The third-order valence-electron chi connectivity index (χ3n) is 6.15. The molecule has 0 saturated carbocycles. The van der Waals surface area contributed by atoms with Crippen LogP contribution in [0.4, 0.5) is 28.9 Å². The molecular weight excluding hydrogens is 498 g/mol. The monoisotopic (exact) mass is 535 g/mol. The van der Waals surface area contributed by atoms with Crippen molar-refractivity contribution < 1.29 is 22.7 Å². The fraction of sp³-hybridized carbons (Fsp3) is 0.429. The Hall–Kier alpha value is -3.56. The van der Waals surface area contributed by atoms with Gasteiger partial charge in [0.15, 0.2) is 0 Å². The normalized spacial score (nSPS) is 12.3. The molecule has 0 aliphatic rings. The molecule has 10 heteroatoms. The number of halogens is 4. The maximum Gasteiger partial charge on any atom is 0.416 e. The average molecular weight is 536 g/mol. The lowest BCUT2D eigenvalue weighted by Gasteiger charge is -2.23. The number of aromatic nitrogens is 1. The minimum absolute atomic E-state index is 0.110. The van der Waals surface area contributed by atoms with E-state index in [0.717, 1.165) is 37.5 Å². The largest absolute Gasteiger partial charge is 0.506 e. The molecule has 6 nitrogen and oxygen atoms in total. The van der Waals surface area contributed by atoms with E-state index in [-0.39, 0.29) is 40.2 Å². The Labute approximate surface area is 222 Å². The minimum Gasteiger partial charge on any atom is -0.506 e. The predicted molar refractivity (Wildman–Crippen MR) is 148 cm³/mol. The van der Waals surface area contributed by atoms with Crippen LogP contribution in [0.25, 0.3) is 11.5 Å². The van der Waals surface area contributed by atoms with Gasteiger partial charge in [-0.15, -0.1) is 0 Å². The van der Waals surface area contributed by atoms with E-state index in [9.17, 15) is 22.7 Å². The first-order chi connectivity index (χ1) is 17.7. The number of rotatable bonds is 12. The third-order valence-corrected chi connectivity index (χ3v) is 6.15. The van der Waals surface area contributed by atoms with Gasteiger partial charge in [0, 0.05) is 31.4 Å². The standard InChI is InChI=1S/C28H37F4N5O/c1-8-11-27(5,6)12-13-34-19(4)36-26-20(14-21(28(30,31)32)15-22(26)17(2)33-7)16-35-23-9-10-24(29)37-25(23)18(3)38/h9-10,14-15,33,35,38H,2-3,8,11-13,16H2,1,4-7H3,(H,34,36). The molecule has 0 aliphatic carbocycles. The van der Waals surface area contributed by atoms with Crippen molar-refractivity contribution in [2.45, 2.75) is 59.7 Å². The van der Waals surface area contributed by atoms with Crippen molar-refractivity contribution in [2.75, 3.05) is 24.2 Å². The minimum atomic E-state index is -4.61. The van der Waals surface area contributed by atoms with Crippen LogP contribution in [0.15, 0.2) is 42.4 Å². The quantitative estimate of drug-likeness (QED) is 0.0739. The Balaban J connectivity index is 2.51. The van der Waals surface area contributed by atoms with Gasteiger partial charge in [-0.2, -0.15) is 17.6 Å². The number of benzene rings is 1. The second-order valence-electron chi connectivity index (χ2n) is 9.87. The van der Waals surface area contributed by atoms with Crippen molar-refractivity contribution in [3.05, 3.63) is 65.8 Å². The van der Waals surface area contributed by atoms with E-state index in [1.807, 2.05) is 0 Å². The van der Waals surface area contributed by atoms with Gasteiger partial charge in [0.1, 0.15) is 11.5 Å². The summed E-state index contributed by atoms with van der Waals surface area (Å²) in [5, 5.41) is 18.8. The molecule has 0 saturated heterocycles. The van der Waals surface area contributed by atoms with E-state index >= 15 is 0 Å². The van der Waals surface area contributed by atoms with Crippen molar-refractivity contribution in [3.8, 4) is 0 Å². The molecule has 0 unspecified atom stereocenters. The lowest BCUT2D eigenvalue weighted by Crippen LogP contribution is -2.19. The van der Waals surface area contributed by atoms with Crippen molar-refractivity contribution in [1.29, 1.82) is 0 Å². The van der Waals surface area contributed by atoms with Gasteiger partial charge < -0.3 is 21.1 Å². The second-order valence-corrected chi connectivity index (χ2v) is 9.87. The molecule has 2 aromatic rings.